The molecule has 0 bridgehead atoms. The lowest BCUT2D eigenvalue weighted by Gasteiger charge is -2.33. The van der Waals surface area contributed by atoms with Gasteiger partial charge in [0.05, 0.1) is 10.6 Å². The second-order valence-electron chi connectivity index (χ2n) is 5.10. The Morgan fingerprint density at radius 2 is 2.16 bits per heavy atom. The first-order chi connectivity index (χ1) is 9.00. The van der Waals surface area contributed by atoms with Gasteiger partial charge in [-0.3, -0.25) is 4.79 Å². The van der Waals surface area contributed by atoms with E-state index in [-0.39, 0.29) is 21.5 Å². The number of ether oxygens (including phenoxy) is 1. The third-order valence-electron chi connectivity index (χ3n) is 3.43. The fourth-order valence-corrected chi connectivity index (χ4v) is 2.25. The molecule has 0 aliphatic carbocycles. The number of amides is 1. The Morgan fingerprint density at radius 3 is 2.79 bits per heavy atom. The molecule has 2 heterocycles. The maximum absolute atomic E-state index is 12.0. The van der Waals surface area contributed by atoms with Gasteiger partial charge in [-0.2, -0.15) is 0 Å². The summed E-state index contributed by atoms with van der Waals surface area (Å²) in [5, 5.41) is 3.41. The van der Waals surface area contributed by atoms with E-state index in [1.165, 1.54) is 12.3 Å². The van der Waals surface area contributed by atoms with E-state index < -0.39 is 0 Å². The minimum atomic E-state index is -0.182. The molecule has 0 saturated carbocycles. The number of hydrogen-bond acceptors (Lipinski definition) is 3. The Labute approximate surface area is 122 Å². The van der Waals surface area contributed by atoms with E-state index >= 15 is 0 Å². The highest BCUT2D eigenvalue weighted by Gasteiger charge is 2.27. The molecule has 1 aromatic rings. The fourth-order valence-electron chi connectivity index (χ4n) is 1.98. The zero-order chi connectivity index (χ0) is 13.9. The smallest absolute Gasteiger partial charge is 0.252 e. The van der Waals surface area contributed by atoms with Gasteiger partial charge in [-0.1, -0.05) is 30.1 Å². The van der Waals surface area contributed by atoms with Gasteiger partial charge in [0.15, 0.2) is 0 Å². The highest BCUT2D eigenvalue weighted by Crippen LogP contribution is 2.28. The van der Waals surface area contributed by atoms with E-state index in [0.717, 1.165) is 26.1 Å². The van der Waals surface area contributed by atoms with Crippen LogP contribution in [0.3, 0.4) is 0 Å². The second-order valence-corrected chi connectivity index (χ2v) is 5.87. The Hall–Kier alpha value is -0.840. The van der Waals surface area contributed by atoms with Crippen LogP contribution in [0.2, 0.25) is 10.2 Å². The fraction of sp³-hybridized carbons (Fsp3) is 0.538. The summed E-state index contributed by atoms with van der Waals surface area (Å²) >= 11 is 11.6. The van der Waals surface area contributed by atoms with Crippen LogP contribution in [-0.2, 0) is 4.74 Å². The topological polar surface area (TPSA) is 51.2 Å². The Kier molecular flexibility index (Phi) is 4.66. The molecule has 0 radical (unpaired) electrons. The molecule has 0 unspecified atom stereocenters. The molecule has 1 aliphatic rings. The Bertz CT molecular complexity index is 474. The number of carbonyl (C=O) groups is 1. The van der Waals surface area contributed by atoms with Gasteiger partial charge in [0.2, 0.25) is 0 Å². The average Bonchev–Trinajstić information content (AvgIpc) is 2.40. The summed E-state index contributed by atoms with van der Waals surface area (Å²) in [5.74, 6) is -0.182. The number of hydrogen-bond donors (Lipinski definition) is 1. The van der Waals surface area contributed by atoms with Crippen molar-refractivity contribution in [2.45, 2.75) is 19.8 Å². The van der Waals surface area contributed by atoms with Crippen LogP contribution < -0.4 is 5.32 Å². The predicted molar refractivity (Wildman–Crippen MR) is 74.8 cm³/mol. The van der Waals surface area contributed by atoms with E-state index in [2.05, 4.69) is 17.2 Å². The number of rotatable bonds is 3. The van der Waals surface area contributed by atoms with Crippen molar-refractivity contribution in [1.29, 1.82) is 0 Å². The molecule has 1 fully saturated rings. The number of aromatic nitrogens is 1. The molecule has 2 rings (SSSR count). The summed E-state index contributed by atoms with van der Waals surface area (Å²) < 4.78 is 5.33. The first kappa shape index (κ1) is 14.6. The highest BCUT2D eigenvalue weighted by atomic mass is 35.5. The maximum Gasteiger partial charge on any atom is 0.252 e. The number of halogens is 2. The van der Waals surface area contributed by atoms with Crippen LogP contribution >= 0.6 is 23.2 Å². The summed E-state index contributed by atoms with van der Waals surface area (Å²) in [5.41, 5.74) is 0.516. The normalized spacial score (nSPS) is 18.1. The lowest BCUT2D eigenvalue weighted by Crippen LogP contribution is -2.39. The zero-order valence-electron chi connectivity index (χ0n) is 10.7. The van der Waals surface area contributed by atoms with Crippen molar-refractivity contribution in [3.8, 4) is 0 Å². The molecule has 1 saturated heterocycles. The van der Waals surface area contributed by atoms with Crippen LogP contribution in [-0.4, -0.2) is 30.6 Å². The first-order valence-corrected chi connectivity index (χ1v) is 6.93. The third-order valence-corrected chi connectivity index (χ3v) is 4.12. The summed E-state index contributed by atoms with van der Waals surface area (Å²) in [6.45, 7) is 4.28. The highest BCUT2D eigenvalue weighted by molar-refractivity contribution is 6.41. The van der Waals surface area contributed by atoms with Crippen LogP contribution in [0.25, 0.3) is 0 Å². The molecule has 4 nitrogen and oxygen atoms in total. The van der Waals surface area contributed by atoms with Crippen LogP contribution in [0.15, 0.2) is 12.3 Å². The van der Waals surface area contributed by atoms with Crippen molar-refractivity contribution in [2.24, 2.45) is 5.41 Å². The molecule has 0 spiro atoms. The van der Waals surface area contributed by atoms with Crippen molar-refractivity contribution in [1.82, 2.24) is 10.3 Å². The monoisotopic (exact) mass is 302 g/mol. The SMILES string of the molecule is CC1(CNC(=O)c2cnc(Cl)c(Cl)c2)CCOCC1. The molecule has 0 aromatic carbocycles. The van der Waals surface area contributed by atoms with Gasteiger partial charge in [0, 0.05) is 26.0 Å². The average molecular weight is 303 g/mol. The Balaban J connectivity index is 1.95. The van der Waals surface area contributed by atoms with E-state index in [1.54, 1.807) is 0 Å². The van der Waals surface area contributed by atoms with E-state index in [9.17, 15) is 4.79 Å². The summed E-state index contributed by atoms with van der Waals surface area (Å²) in [7, 11) is 0. The van der Waals surface area contributed by atoms with E-state index in [4.69, 9.17) is 27.9 Å². The van der Waals surface area contributed by atoms with Crippen molar-refractivity contribution in [3.63, 3.8) is 0 Å². The molecule has 1 aliphatic heterocycles. The summed E-state index contributed by atoms with van der Waals surface area (Å²) in [6.07, 6.45) is 3.33. The largest absolute Gasteiger partial charge is 0.381 e. The van der Waals surface area contributed by atoms with E-state index in [0.29, 0.717) is 12.1 Å². The summed E-state index contributed by atoms with van der Waals surface area (Å²) in [4.78, 5) is 15.9. The third kappa shape index (κ3) is 3.81. The van der Waals surface area contributed by atoms with Gasteiger partial charge in [-0.25, -0.2) is 4.98 Å². The minimum Gasteiger partial charge on any atom is -0.381 e. The quantitative estimate of drug-likeness (QED) is 0.874. The number of nitrogens with zero attached hydrogens (tertiary/aromatic N) is 1. The van der Waals surface area contributed by atoms with Crippen molar-refractivity contribution in [2.75, 3.05) is 19.8 Å². The first-order valence-electron chi connectivity index (χ1n) is 6.17. The Morgan fingerprint density at radius 1 is 1.47 bits per heavy atom. The van der Waals surface area contributed by atoms with Crippen LogP contribution in [0.1, 0.15) is 30.1 Å². The number of pyridine rings is 1. The molecule has 19 heavy (non-hydrogen) atoms. The van der Waals surface area contributed by atoms with Gasteiger partial charge in [0.25, 0.3) is 5.91 Å². The van der Waals surface area contributed by atoms with Gasteiger partial charge >= 0.3 is 0 Å². The molecule has 1 amide bonds. The lowest BCUT2D eigenvalue weighted by atomic mass is 9.82. The van der Waals surface area contributed by atoms with Gasteiger partial charge < -0.3 is 10.1 Å². The maximum atomic E-state index is 12.0. The molecular weight excluding hydrogens is 287 g/mol. The number of carbonyl (C=O) groups excluding carboxylic acids is 1. The molecule has 1 aromatic heterocycles. The van der Waals surface area contributed by atoms with Crippen molar-refractivity contribution < 1.29 is 9.53 Å². The molecule has 104 valence electrons. The molecule has 6 heteroatoms. The van der Waals surface area contributed by atoms with Gasteiger partial charge in [-0.15, -0.1) is 0 Å². The van der Waals surface area contributed by atoms with Crippen LogP contribution in [0, 0.1) is 5.41 Å². The standard InChI is InChI=1S/C13H16Cl2N2O2/c1-13(2-4-19-5-3-13)8-17-12(18)9-6-10(14)11(15)16-7-9/h6-7H,2-5,8H2,1H3,(H,17,18). The second kappa shape index (κ2) is 6.07. The molecule has 0 atom stereocenters. The van der Waals surface area contributed by atoms with Gasteiger partial charge in [0.1, 0.15) is 5.15 Å². The minimum absolute atomic E-state index is 0.0948. The van der Waals surface area contributed by atoms with Crippen LogP contribution in [0.5, 0.6) is 0 Å². The lowest BCUT2D eigenvalue weighted by molar-refractivity contribution is 0.0238. The summed E-state index contributed by atoms with van der Waals surface area (Å²) in [6, 6.07) is 1.53. The zero-order valence-corrected chi connectivity index (χ0v) is 12.2. The van der Waals surface area contributed by atoms with Crippen LogP contribution in [0.4, 0.5) is 0 Å². The van der Waals surface area contributed by atoms with Crippen molar-refractivity contribution >= 4 is 29.1 Å². The molecular formula is C13H16Cl2N2O2. The number of nitrogens with one attached hydrogen (secondary N) is 1. The van der Waals surface area contributed by atoms with Gasteiger partial charge in [-0.05, 0) is 24.3 Å². The predicted octanol–water partition coefficient (Wildman–Crippen LogP) is 2.93. The molecule has 1 N–H and O–H groups in total. The van der Waals surface area contributed by atoms with E-state index in [1.807, 2.05) is 0 Å². The van der Waals surface area contributed by atoms with Crippen molar-refractivity contribution in [3.05, 3.63) is 28.0 Å².